The summed E-state index contributed by atoms with van der Waals surface area (Å²) in [7, 11) is -2.26. The Hall–Kier alpha value is -2.78. The van der Waals surface area contributed by atoms with Crippen molar-refractivity contribution in [2.45, 2.75) is 4.90 Å². The predicted molar refractivity (Wildman–Crippen MR) is 87.8 cm³/mol. The van der Waals surface area contributed by atoms with E-state index in [-0.39, 0.29) is 29.2 Å². The van der Waals surface area contributed by atoms with Crippen LogP contribution in [0.5, 0.6) is 5.75 Å². The second kappa shape index (κ2) is 6.61. The molecule has 3 rings (SSSR count). The van der Waals surface area contributed by atoms with Crippen LogP contribution < -0.4 is 9.46 Å². The Morgan fingerprint density at radius 3 is 2.48 bits per heavy atom. The van der Waals surface area contributed by atoms with E-state index >= 15 is 0 Å². The van der Waals surface area contributed by atoms with Gasteiger partial charge in [0, 0.05) is 19.3 Å². The van der Waals surface area contributed by atoms with Gasteiger partial charge in [-0.25, -0.2) is 13.1 Å². The topological polar surface area (TPSA) is 106 Å². The molecule has 1 aromatic carbocycles. The van der Waals surface area contributed by atoms with Crippen molar-refractivity contribution in [3.8, 4) is 5.75 Å². The fraction of sp³-hybridized carbons (Fsp3) is 0.188. The van der Waals surface area contributed by atoms with Crippen LogP contribution in [0.4, 0.5) is 0 Å². The molecule has 25 heavy (non-hydrogen) atoms. The van der Waals surface area contributed by atoms with Crippen molar-refractivity contribution in [2.24, 2.45) is 0 Å². The fourth-order valence-electron chi connectivity index (χ4n) is 2.45. The lowest BCUT2D eigenvalue weighted by atomic mass is 10.2. The first-order valence-electron chi connectivity index (χ1n) is 7.39. The van der Waals surface area contributed by atoms with Gasteiger partial charge in [0.05, 0.1) is 17.6 Å². The second-order valence-corrected chi connectivity index (χ2v) is 7.00. The summed E-state index contributed by atoms with van der Waals surface area (Å²) in [6.07, 6.45) is 1.43. The van der Waals surface area contributed by atoms with Crippen LogP contribution in [0.25, 0.3) is 0 Å². The Morgan fingerprint density at radius 1 is 1.12 bits per heavy atom. The van der Waals surface area contributed by atoms with Crippen molar-refractivity contribution in [1.29, 1.82) is 0 Å². The summed E-state index contributed by atoms with van der Waals surface area (Å²) < 4.78 is 31.8. The van der Waals surface area contributed by atoms with Gasteiger partial charge in [-0.3, -0.25) is 19.5 Å². The van der Waals surface area contributed by atoms with E-state index in [1.165, 1.54) is 43.6 Å². The fourth-order valence-corrected chi connectivity index (χ4v) is 3.47. The van der Waals surface area contributed by atoms with Crippen LogP contribution in [0.15, 0.2) is 47.5 Å². The number of nitrogens with one attached hydrogen (secondary N) is 1. The smallest absolute Gasteiger partial charge is 0.280 e. The molecule has 2 aromatic rings. The Bertz CT molecular complexity index is 890. The third kappa shape index (κ3) is 3.24. The van der Waals surface area contributed by atoms with Gasteiger partial charge < -0.3 is 4.74 Å². The second-order valence-electron chi connectivity index (χ2n) is 5.23. The minimum absolute atomic E-state index is 0.0670. The summed E-state index contributed by atoms with van der Waals surface area (Å²) >= 11 is 0. The zero-order valence-electron chi connectivity index (χ0n) is 13.3. The molecule has 2 heterocycles. The number of carbonyl (C=O) groups is 2. The van der Waals surface area contributed by atoms with Crippen molar-refractivity contribution in [3.63, 3.8) is 0 Å². The molecule has 1 aromatic heterocycles. The Kier molecular flexibility index (Phi) is 4.51. The maximum atomic E-state index is 12.2. The van der Waals surface area contributed by atoms with Gasteiger partial charge in [-0.15, -0.1) is 0 Å². The number of hydrogen-bond acceptors (Lipinski definition) is 6. The van der Waals surface area contributed by atoms with E-state index in [2.05, 4.69) is 9.71 Å². The number of imide groups is 1. The van der Waals surface area contributed by atoms with Gasteiger partial charge in [-0.2, -0.15) is 0 Å². The number of aromatic nitrogens is 1. The van der Waals surface area contributed by atoms with E-state index < -0.39 is 21.8 Å². The minimum atomic E-state index is -3.75. The quantitative estimate of drug-likeness (QED) is 0.758. The summed E-state index contributed by atoms with van der Waals surface area (Å²) in [5.74, 6) is -0.460. The van der Waals surface area contributed by atoms with E-state index in [0.29, 0.717) is 5.75 Å². The Balaban J connectivity index is 1.65. The number of benzene rings is 1. The first kappa shape index (κ1) is 17.1. The number of hydrogen-bond donors (Lipinski definition) is 1. The van der Waals surface area contributed by atoms with E-state index in [9.17, 15) is 18.0 Å². The molecule has 2 amide bonds. The number of ether oxygens (including phenoxy) is 1. The Labute approximate surface area is 144 Å². The number of amides is 2. The molecule has 0 spiro atoms. The molecule has 0 fully saturated rings. The zero-order valence-corrected chi connectivity index (χ0v) is 14.1. The molecular formula is C16H15N3O5S. The molecule has 0 bridgehead atoms. The van der Waals surface area contributed by atoms with Crippen LogP contribution in [0.1, 0.15) is 20.8 Å². The van der Waals surface area contributed by atoms with E-state index in [0.717, 1.165) is 4.90 Å². The highest BCUT2D eigenvalue weighted by molar-refractivity contribution is 7.89. The van der Waals surface area contributed by atoms with Gasteiger partial charge in [0.25, 0.3) is 11.8 Å². The molecule has 1 N–H and O–H groups in total. The van der Waals surface area contributed by atoms with Gasteiger partial charge in [0.2, 0.25) is 10.0 Å². The summed E-state index contributed by atoms with van der Waals surface area (Å²) in [6, 6.07) is 8.97. The average molecular weight is 361 g/mol. The lowest BCUT2D eigenvalue weighted by molar-refractivity contribution is 0.0655. The third-order valence-corrected chi connectivity index (χ3v) is 5.21. The molecule has 8 nitrogen and oxygen atoms in total. The molecule has 9 heteroatoms. The van der Waals surface area contributed by atoms with Crippen molar-refractivity contribution in [2.75, 3.05) is 20.2 Å². The van der Waals surface area contributed by atoms with Crippen LogP contribution in [0, 0.1) is 0 Å². The molecule has 130 valence electrons. The van der Waals surface area contributed by atoms with Crippen LogP contribution in [0.2, 0.25) is 0 Å². The first-order chi connectivity index (χ1) is 11.9. The highest BCUT2D eigenvalue weighted by atomic mass is 32.2. The lowest BCUT2D eigenvalue weighted by Gasteiger charge is -2.14. The van der Waals surface area contributed by atoms with Crippen molar-refractivity contribution in [3.05, 3.63) is 53.9 Å². The largest absolute Gasteiger partial charge is 0.497 e. The van der Waals surface area contributed by atoms with Gasteiger partial charge in [0.1, 0.15) is 11.4 Å². The average Bonchev–Trinajstić information content (AvgIpc) is 2.87. The molecule has 1 aliphatic rings. The molecule has 0 radical (unpaired) electrons. The van der Waals surface area contributed by atoms with Crippen LogP contribution in [0.3, 0.4) is 0 Å². The monoisotopic (exact) mass is 361 g/mol. The summed E-state index contributed by atoms with van der Waals surface area (Å²) in [4.78, 5) is 29.3. The highest BCUT2D eigenvalue weighted by Crippen LogP contribution is 2.20. The number of nitrogens with zero attached hydrogens (tertiary/aromatic N) is 2. The van der Waals surface area contributed by atoms with Crippen molar-refractivity contribution in [1.82, 2.24) is 14.6 Å². The third-order valence-electron chi connectivity index (χ3n) is 3.73. The van der Waals surface area contributed by atoms with Crippen molar-refractivity contribution >= 4 is 21.8 Å². The summed E-state index contributed by atoms with van der Waals surface area (Å²) in [5.41, 5.74) is 0.316. The van der Waals surface area contributed by atoms with Crippen LogP contribution >= 0.6 is 0 Å². The number of fused-ring (bicyclic) bond motifs is 1. The minimum Gasteiger partial charge on any atom is -0.497 e. The zero-order chi connectivity index (χ0) is 18.0. The SMILES string of the molecule is COc1ccc(S(=O)(=O)NCCN2C(=O)c3cccnc3C2=O)cc1. The van der Waals surface area contributed by atoms with Gasteiger partial charge in [-0.1, -0.05) is 0 Å². The number of methoxy groups -OCH3 is 1. The molecular weight excluding hydrogens is 346 g/mol. The number of sulfonamides is 1. The van der Waals surface area contributed by atoms with E-state index in [4.69, 9.17) is 4.74 Å². The first-order valence-corrected chi connectivity index (χ1v) is 8.87. The standard InChI is InChI=1S/C16H15N3O5S/c1-24-11-4-6-12(7-5-11)25(22,23)18-9-10-19-15(20)13-3-2-8-17-14(13)16(19)21/h2-8,18H,9-10H2,1H3. The van der Waals surface area contributed by atoms with Gasteiger partial charge in [0.15, 0.2) is 0 Å². The molecule has 0 saturated heterocycles. The predicted octanol–water partition coefficient (Wildman–Crippen LogP) is 0.665. The molecule has 1 aliphatic heterocycles. The van der Waals surface area contributed by atoms with Crippen LogP contribution in [-0.4, -0.2) is 50.3 Å². The molecule has 0 aliphatic carbocycles. The van der Waals surface area contributed by atoms with Crippen molar-refractivity contribution < 1.29 is 22.7 Å². The van der Waals surface area contributed by atoms with Crippen LogP contribution in [-0.2, 0) is 10.0 Å². The number of carbonyl (C=O) groups excluding carboxylic acids is 2. The molecule has 0 unspecified atom stereocenters. The normalized spacial score (nSPS) is 13.9. The van der Waals surface area contributed by atoms with Gasteiger partial charge >= 0.3 is 0 Å². The van der Waals surface area contributed by atoms with Gasteiger partial charge in [-0.05, 0) is 36.4 Å². The molecule has 0 saturated carbocycles. The summed E-state index contributed by atoms with van der Waals surface area (Å²) in [6.45, 7) is -0.177. The van der Waals surface area contributed by atoms with E-state index in [1.807, 2.05) is 0 Å². The number of pyridine rings is 1. The maximum absolute atomic E-state index is 12.2. The highest BCUT2D eigenvalue weighted by Gasteiger charge is 2.36. The number of rotatable bonds is 6. The Morgan fingerprint density at radius 2 is 1.84 bits per heavy atom. The maximum Gasteiger partial charge on any atom is 0.280 e. The van der Waals surface area contributed by atoms with E-state index in [1.54, 1.807) is 6.07 Å². The summed E-state index contributed by atoms with van der Waals surface area (Å²) in [5, 5.41) is 0. The molecule has 0 atom stereocenters. The lowest BCUT2D eigenvalue weighted by Crippen LogP contribution is -2.38.